The van der Waals surface area contributed by atoms with Gasteiger partial charge in [0.25, 0.3) is 0 Å². The zero-order chi connectivity index (χ0) is 31.1. The molecule has 4 aromatic rings. The highest BCUT2D eigenvalue weighted by Gasteiger charge is 2.43. The molecule has 2 aromatic heterocycles. The Labute approximate surface area is 257 Å². The summed E-state index contributed by atoms with van der Waals surface area (Å²) in [5.41, 5.74) is 6.16. The van der Waals surface area contributed by atoms with E-state index < -0.39 is 12.1 Å². The molecule has 0 saturated carbocycles. The molecule has 2 aliphatic heterocycles. The molecule has 44 heavy (non-hydrogen) atoms. The number of nitrogens with zero attached hydrogens (tertiary/aromatic N) is 6. The molecule has 2 aromatic carbocycles. The normalized spacial score (nSPS) is 21.9. The van der Waals surface area contributed by atoms with Gasteiger partial charge in [-0.2, -0.15) is 0 Å². The van der Waals surface area contributed by atoms with Crippen LogP contribution in [0.1, 0.15) is 45.5 Å². The van der Waals surface area contributed by atoms with Crippen molar-refractivity contribution in [3.05, 3.63) is 151 Å². The van der Waals surface area contributed by atoms with Crippen molar-refractivity contribution in [2.45, 2.75) is 50.9 Å². The standard InChI is InChI=1S/2C17H19N3O2/c2*1-13-7-8-15(9-18-13)16-11-19(12-17(16)20(21)22)10-14-5-3-2-4-6-14/h2*2-9,16-17H,10-12H2,1H3/t2*16-,17+/m10/s1. The maximum absolute atomic E-state index is 11.4. The first-order valence-electron chi connectivity index (χ1n) is 14.9. The summed E-state index contributed by atoms with van der Waals surface area (Å²) in [6.45, 7) is 7.72. The second-order valence-corrected chi connectivity index (χ2v) is 11.7. The number of hydrogen-bond acceptors (Lipinski definition) is 8. The second kappa shape index (κ2) is 14.3. The lowest BCUT2D eigenvalue weighted by Gasteiger charge is -2.15. The van der Waals surface area contributed by atoms with E-state index in [1.807, 2.05) is 74.5 Å². The maximum Gasteiger partial charge on any atom is 0.233 e. The third-order valence-corrected chi connectivity index (χ3v) is 8.49. The Morgan fingerprint density at radius 1 is 0.614 bits per heavy atom. The maximum atomic E-state index is 11.4. The van der Waals surface area contributed by atoms with Crippen LogP contribution in [0.4, 0.5) is 0 Å². The Kier molecular flexibility index (Phi) is 10.0. The monoisotopic (exact) mass is 594 g/mol. The Morgan fingerprint density at radius 2 is 1.00 bits per heavy atom. The molecule has 2 saturated heterocycles. The predicted molar refractivity (Wildman–Crippen MR) is 168 cm³/mol. The van der Waals surface area contributed by atoms with E-state index in [1.54, 1.807) is 12.4 Å². The minimum absolute atomic E-state index is 0.0909. The third-order valence-electron chi connectivity index (χ3n) is 8.49. The lowest BCUT2D eigenvalue weighted by molar-refractivity contribution is -0.521. The van der Waals surface area contributed by atoms with Gasteiger partial charge < -0.3 is 0 Å². The van der Waals surface area contributed by atoms with Crippen molar-refractivity contribution in [1.29, 1.82) is 0 Å². The first-order chi connectivity index (χ1) is 21.3. The smallest absolute Gasteiger partial charge is 0.233 e. The molecule has 4 atom stereocenters. The Morgan fingerprint density at radius 3 is 1.32 bits per heavy atom. The molecule has 0 radical (unpaired) electrons. The van der Waals surface area contributed by atoms with Crippen LogP contribution in [0.2, 0.25) is 0 Å². The van der Waals surface area contributed by atoms with Crippen LogP contribution in [-0.4, -0.2) is 67.9 Å². The van der Waals surface area contributed by atoms with Crippen molar-refractivity contribution in [3.63, 3.8) is 0 Å². The highest BCUT2D eigenvalue weighted by Crippen LogP contribution is 2.31. The summed E-state index contributed by atoms with van der Waals surface area (Å²) in [4.78, 5) is 35.4. The largest absolute Gasteiger partial charge is 0.292 e. The lowest BCUT2D eigenvalue weighted by atomic mass is 9.96. The second-order valence-electron chi connectivity index (χ2n) is 11.7. The van der Waals surface area contributed by atoms with Crippen LogP contribution in [0.25, 0.3) is 0 Å². The molecule has 0 amide bonds. The van der Waals surface area contributed by atoms with Crippen LogP contribution in [0.5, 0.6) is 0 Å². The molecule has 4 heterocycles. The van der Waals surface area contributed by atoms with Gasteiger partial charge in [-0.3, -0.25) is 40.0 Å². The molecule has 0 bridgehead atoms. The molecule has 2 aliphatic rings. The average Bonchev–Trinajstić information content (AvgIpc) is 3.64. The fraction of sp³-hybridized carbons (Fsp3) is 0.353. The van der Waals surface area contributed by atoms with Gasteiger partial charge >= 0.3 is 0 Å². The van der Waals surface area contributed by atoms with Gasteiger partial charge in [0, 0.05) is 59.8 Å². The number of rotatable bonds is 8. The van der Waals surface area contributed by atoms with Gasteiger partial charge in [0.1, 0.15) is 0 Å². The summed E-state index contributed by atoms with van der Waals surface area (Å²) in [7, 11) is 0. The molecule has 10 nitrogen and oxygen atoms in total. The van der Waals surface area contributed by atoms with Crippen molar-refractivity contribution in [1.82, 2.24) is 19.8 Å². The van der Waals surface area contributed by atoms with Gasteiger partial charge in [0.2, 0.25) is 12.1 Å². The number of aromatic nitrogens is 2. The highest BCUT2D eigenvalue weighted by atomic mass is 16.6. The van der Waals surface area contributed by atoms with E-state index in [0.29, 0.717) is 26.2 Å². The molecule has 10 heteroatoms. The summed E-state index contributed by atoms with van der Waals surface area (Å²) in [5.74, 6) is -0.182. The zero-order valence-electron chi connectivity index (χ0n) is 25.1. The van der Waals surface area contributed by atoms with Crippen molar-refractivity contribution in [2.24, 2.45) is 0 Å². The molecule has 0 spiro atoms. The molecule has 0 unspecified atom stereocenters. The highest BCUT2D eigenvalue weighted by molar-refractivity contribution is 5.24. The summed E-state index contributed by atoms with van der Waals surface area (Å²) in [6.07, 6.45) is 3.56. The van der Waals surface area contributed by atoms with Crippen LogP contribution in [0.15, 0.2) is 97.3 Å². The van der Waals surface area contributed by atoms with Gasteiger partial charge in [-0.1, -0.05) is 72.8 Å². The summed E-state index contributed by atoms with van der Waals surface area (Å²) in [6, 6.07) is 26.8. The van der Waals surface area contributed by atoms with Crippen LogP contribution >= 0.6 is 0 Å². The van der Waals surface area contributed by atoms with Gasteiger partial charge in [0.05, 0.1) is 24.9 Å². The van der Waals surface area contributed by atoms with E-state index in [0.717, 1.165) is 35.6 Å². The van der Waals surface area contributed by atoms with E-state index in [-0.39, 0.29) is 21.7 Å². The fourth-order valence-electron chi connectivity index (χ4n) is 6.15. The van der Waals surface area contributed by atoms with Crippen molar-refractivity contribution >= 4 is 0 Å². The van der Waals surface area contributed by atoms with Gasteiger partial charge in [-0.25, -0.2) is 0 Å². The van der Waals surface area contributed by atoms with Crippen LogP contribution in [0, 0.1) is 34.1 Å². The van der Waals surface area contributed by atoms with Gasteiger partial charge in [-0.05, 0) is 48.2 Å². The Balaban J connectivity index is 0.000000175. The molecule has 0 aliphatic carbocycles. The SMILES string of the molecule is Cc1ccc([C@@H]2CN(Cc3ccccc3)C[C@H]2[N+](=O)[O-])cn1.Cc1ccc([C@H]2CN(Cc3ccccc3)C[C@@H]2[N+](=O)[O-])cn1. The summed E-state index contributed by atoms with van der Waals surface area (Å²) < 4.78 is 0. The Bertz CT molecular complexity index is 1400. The fourth-order valence-corrected chi connectivity index (χ4v) is 6.15. The van der Waals surface area contributed by atoms with E-state index in [4.69, 9.17) is 0 Å². The van der Waals surface area contributed by atoms with Crippen molar-refractivity contribution in [3.8, 4) is 0 Å². The van der Waals surface area contributed by atoms with Gasteiger partial charge in [-0.15, -0.1) is 0 Å². The minimum atomic E-state index is -0.562. The zero-order valence-corrected chi connectivity index (χ0v) is 25.1. The molecule has 0 N–H and O–H groups in total. The average molecular weight is 595 g/mol. The molecule has 228 valence electrons. The minimum Gasteiger partial charge on any atom is -0.292 e. The predicted octanol–water partition coefficient (Wildman–Crippen LogP) is 5.27. The first kappa shape index (κ1) is 30.9. The van der Waals surface area contributed by atoms with E-state index in [9.17, 15) is 20.2 Å². The molecular formula is C34H38N6O4. The van der Waals surface area contributed by atoms with E-state index in [1.165, 1.54) is 11.1 Å². The van der Waals surface area contributed by atoms with E-state index >= 15 is 0 Å². The van der Waals surface area contributed by atoms with Crippen LogP contribution in [0.3, 0.4) is 0 Å². The van der Waals surface area contributed by atoms with Crippen molar-refractivity contribution < 1.29 is 9.85 Å². The van der Waals surface area contributed by atoms with E-state index in [2.05, 4.69) is 44.0 Å². The third kappa shape index (κ3) is 7.89. The summed E-state index contributed by atoms with van der Waals surface area (Å²) >= 11 is 0. The lowest BCUT2D eigenvalue weighted by Crippen LogP contribution is -2.28. The Hall–Kier alpha value is -4.54. The molecule has 2 fully saturated rings. The number of hydrogen-bond donors (Lipinski definition) is 0. The molecular weight excluding hydrogens is 556 g/mol. The number of pyridine rings is 2. The van der Waals surface area contributed by atoms with Crippen LogP contribution < -0.4 is 0 Å². The number of benzene rings is 2. The first-order valence-corrected chi connectivity index (χ1v) is 14.9. The number of nitro groups is 2. The number of aryl methyl sites for hydroxylation is 2. The summed E-state index contributed by atoms with van der Waals surface area (Å²) in [5, 5.41) is 22.8. The quantitative estimate of drug-likeness (QED) is 0.200. The number of likely N-dealkylation sites (tertiary alicyclic amines) is 2. The van der Waals surface area contributed by atoms with Crippen LogP contribution in [-0.2, 0) is 13.1 Å². The van der Waals surface area contributed by atoms with Crippen molar-refractivity contribution in [2.75, 3.05) is 26.2 Å². The molecule has 6 rings (SSSR count). The topological polar surface area (TPSA) is 119 Å². The van der Waals surface area contributed by atoms with Gasteiger partial charge in [0.15, 0.2) is 0 Å².